The molecule has 1 heterocycles. The number of rotatable bonds is 4. The highest BCUT2D eigenvalue weighted by atomic mass is 19.1. The summed E-state index contributed by atoms with van der Waals surface area (Å²) in [6.45, 7) is 0.391. The molecule has 23 heavy (non-hydrogen) atoms. The fourth-order valence-corrected chi connectivity index (χ4v) is 2.25. The van der Waals surface area contributed by atoms with Gasteiger partial charge in [0.05, 0.1) is 17.8 Å². The second kappa shape index (κ2) is 6.71. The van der Waals surface area contributed by atoms with Crippen LogP contribution in [0, 0.1) is 17.1 Å². The quantitative estimate of drug-likeness (QED) is 0.720. The summed E-state index contributed by atoms with van der Waals surface area (Å²) in [5.74, 6) is 0.152. The lowest BCUT2D eigenvalue weighted by Gasteiger charge is -2.12. The van der Waals surface area contributed by atoms with Gasteiger partial charge in [-0.25, -0.2) is 4.39 Å². The van der Waals surface area contributed by atoms with Gasteiger partial charge in [-0.15, -0.1) is 0 Å². The molecule has 112 valence electrons. The smallest absolute Gasteiger partial charge is 0.142 e. The van der Waals surface area contributed by atoms with Crippen LogP contribution in [-0.4, -0.2) is 4.98 Å². The summed E-state index contributed by atoms with van der Waals surface area (Å²) >= 11 is 0. The van der Waals surface area contributed by atoms with E-state index in [9.17, 15) is 4.39 Å². The van der Waals surface area contributed by atoms with Gasteiger partial charge in [0, 0.05) is 17.3 Å². The Hall–Kier alpha value is -3.19. The van der Waals surface area contributed by atoms with E-state index in [-0.39, 0.29) is 0 Å². The highest BCUT2D eigenvalue weighted by Gasteiger charge is 2.10. The Morgan fingerprint density at radius 3 is 2.61 bits per heavy atom. The van der Waals surface area contributed by atoms with E-state index < -0.39 is 5.82 Å². The lowest BCUT2D eigenvalue weighted by Crippen LogP contribution is -1.97. The largest absolute Gasteiger partial charge is 0.488 e. The molecule has 4 heteroatoms. The van der Waals surface area contributed by atoms with E-state index in [0.29, 0.717) is 29.0 Å². The molecule has 0 radical (unpaired) electrons. The third kappa shape index (κ3) is 3.53. The summed E-state index contributed by atoms with van der Waals surface area (Å²) in [4.78, 5) is 3.86. The summed E-state index contributed by atoms with van der Waals surface area (Å²) in [7, 11) is 0. The van der Waals surface area contributed by atoms with E-state index in [0.717, 1.165) is 11.8 Å². The third-order valence-corrected chi connectivity index (χ3v) is 3.36. The molecular formula is C19H13FN2O. The van der Waals surface area contributed by atoms with Crippen LogP contribution in [0.15, 0.2) is 67.0 Å². The van der Waals surface area contributed by atoms with E-state index in [1.165, 1.54) is 6.07 Å². The van der Waals surface area contributed by atoms with Gasteiger partial charge in [0.15, 0.2) is 0 Å². The number of halogens is 1. The van der Waals surface area contributed by atoms with Crippen molar-refractivity contribution in [1.82, 2.24) is 4.98 Å². The van der Waals surface area contributed by atoms with Crippen LogP contribution in [0.25, 0.3) is 11.1 Å². The first-order chi connectivity index (χ1) is 11.3. The van der Waals surface area contributed by atoms with Crippen LogP contribution in [0.5, 0.6) is 5.75 Å². The van der Waals surface area contributed by atoms with E-state index in [1.54, 1.807) is 24.4 Å². The van der Waals surface area contributed by atoms with Crippen LogP contribution in [0.4, 0.5) is 4.39 Å². The van der Waals surface area contributed by atoms with Crippen LogP contribution in [0.3, 0.4) is 0 Å². The normalized spacial score (nSPS) is 10.1. The van der Waals surface area contributed by atoms with E-state index in [2.05, 4.69) is 11.1 Å². The fraction of sp³-hybridized carbons (Fsp3) is 0.0526. The third-order valence-electron chi connectivity index (χ3n) is 3.36. The summed E-state index contributed by atoms with van der Waals surface area (Å²) in [5, 5.41) is 9.08. The highest BCUT2D eigenvalue weighted by Crippen LogP contribution is 2.31. The van der Waals surface area contributed by atoms with Crippen molar-refractivity contribution in [1.29, 1.82) is 5.26 Å². The maximum absolute atomic E-state index is 13.4. The Morgan fingerprint density at radius 1 is 1.04 bits per heavy atom. The molecule has 3 aromatic rings. The molecule has 0 aliphatic carbocycles. The van der Waals surface area contributed by atoms with Crippen molar-refractivity contribution >= 4 is 0 Å². The van der Waals surface area contributed by atoms with Crippen molar-refractivity contribution in [3.8, 4) is 22.9 Å². The maximum Gasteiger partial charge on any atom is 0.142 e. The average Bonchev–Trinajstić information content (AvgIpc) is 2.61. The zero-order valence-electron chi connectivity index (χ0n) is 12.2. The molecule has 0 N–H and O–H groups in total. The lowest BCUT2D eigenvalue weighted by atomic mass is 10.0. The molecule has 0 aliphatic heterocycles. The summed E-state index contributed by atoms with van der Waals surface area (Å²) in [6.07, 6.45) is 2.69. The molecule has 0 saturated carbocycles. The van der Waals surface area contributed by atoms with Gasteiger partial charge >= 0.3 is 0 Å². The molecule has 2 aromatic carbocycles. The summed E-state index contributed by atoms with van der Waals surface area (Å²) in [6, 6.07) is 18.3. The van der Waals surface area contributed by atoms with E-state index in [1.807, 2.05) is 30.3 Å². The Balaban J connectivity index is 1.95. The molecule has 0 unspecified atom stereocenters. The van der Waals surface area contributed by atoms with Crippen molar-refractivity contribution in [2.75, 3.05) is 0 Å². The lowest BCUT2D eigenvalue weighted by molar-refractivity contribution is 0.307. The Labute approximate surface area is 133 Å². The molecule has 0 aliphatic rings. The van der Waals surface area contributed by atoms with Crippen LogP contribution in [0.2, 0.25) is 0 Å². The molecular weight excluding hydrogens is 291 g/mol. The summed E-state index contributed by atoms with van der Waals surface area (Å²) < 4.78 is 19.3. The Kier molecular flexibility index (Phi) is 4.30. The van der Waals surface area contributed by atoms with Crippen LogP contribution in [-0.2, 0) is 6.61 Å². The maximum atomic E-state index is 13.4. The molecule has 1 aromatic heterocycles. The first-order valence-electron chi connectivity index (χ1n) is 7.08. The van der Waals surface area contributed by atoms with Gasteiger partial charge in [-0.1, -0.05) is 30.3 Å². The van der Waals surface area contributed by atoms with Gasteiger partial charge < -0.3 is 4.74 Å². The minimum absolute atomic E-state index is 0.391. The van der Waals surface area contributed by atoms with Gasteiger partial charge in [-0.2, -0.15) is 5.26 Å². The Bertz CT molecular complexity index is 857. The standard InChI is InChI=1S/C19H13FN2O/c20-17-9-16(11-22-12-17)18-8-15(10-21)6-7-19(18)23-13-14-4-2-1-3-5-14/h1-9,11-12H,13H2. The van der Waals surface area contributed by atoms with Crippen molar-refractivity contribution in [2.45, 2.75) is 6.61 Å². The summed E-state index contributed by atoms with van der Waals surface area (Å²) in [5.41, 5.74) is 2.73. The van der Waals surface area contributed by atoms with Gasteiger partial charge in [0.2, 0.25) is 0 Å². The molecule has 0 spiro atoms. The number of nitriles is 1. The van der Waals surface area contributed by atoms with Crippen molar-refractivity contribution in [3.63, 3.8) is 0 Å². The number of ether oxygens (including phenoxy) is 1. The number of benzene rings is 2. The minimum atomic E-state index is -0.432. The number of pyridine rings is 1. The number of hydrogen-bond acceptors (Lipinski definition) is 3. The molecule has 0 atom stereocenters. The van der Waals surface area contributed by atoms with E-state index in [4.69, 9.17) is 10.00 Å². The molecule has 0 bridgehead atoms. The molecule has 3 rings (SSSR count). The van der Waals surface area contributed by atoms with Crippen LogP contribution >= 0.6 is 0 Å². The number of nitrogens with zero attached hydrogens (tertiary/aromatic N) is 2. The molecule has 0 amide bonds. The zero-order valence-corrected chi connectivity index (χ0v) is 12.2. The molecule has 0 saturated heterocycles. The second-order valence-corrected chi connectivity index (χ2v) is 4.99. The average molecular weight is 304 g/mol. The second-order valence-electron chi connectivity index (χ2n) is 4.99. The van der Waals surface area contributed by atoms with Crippen LogP contribution < -0.4 is 4.74 Å². The fourth-order valence-electron chi connectivity index (χ4n) is 2.25. The van der Waals surface area contributed by atoms with Crippen molar-refractivity contribution in [2.24, 2.45) is 0 Å². The van der Waals surface area contributed by atoms with Crippen molar-refractivity contribution in [3.05, 3.63) is 83.9 Å². The topological polar surface area (TPSA) is 45.9 Å². The Morgan fingerprint density at radius 2 is 1.87 bits per heavy atom. The molecule has 3 nitrogen and oxygen atoms in total. The van der Waals surface area contributed by atoms with E-state index >= 15 is 0 Å². The predicted molar refractivity (Wildman–Crippen MR) is 85.1 cm³/mol. The van der Waals surface area contributed by atoms with Crippen molar-refractivity contribution < 1.29 is 9.13 Å². The zero-order chi connectivity index (χ0) is 16.1. The first-order valence-corrected chi connectivity index (χ1v) is 7.08. The minimum Gasteiger partial charge on any atom is -0.488 e. The van der Waals surface area contributed by atoms with Gasteiger partial charge in [-0.05, 0) is 29.8 Å². The van der Waals surface area contributed by atoms with Gasteiger partial charge in [0.1, 0.15) is 18.2 Å². The predicted octanol–water partition coefficient (Wildman–Crippen LogP) is 4.34. The van der Waals surface area contributed by atoms with Gasteiger partial charge in [-0.3, -0.25) is 4.98 Å². The van der Waals surface area contributed by atoms with Crippen LogP contribution in [0.1, 0.15) is 11.1 Å². The SMILES string of the molecule is N#Cc1ccc(OCc2ccccc2)c(-c2cncc(F)c2)c1. The monoisotopic (exact) mass is 304 g/mol. The first kappa shape index (κ1) is 14.7. The highest BCUT2D eigenvalue weighted by molar-refractivity contribution is 5.71. The number of hydrogen-bond donors (Lipinski definition) is 0. The number of aromatic nitrogens is 1. The van der Waals surface area contributed by atoms with Gasteiger partial charge in [0.25, 0.3) is 0 Å². The molecule has 0 fully saturated rings.